The maximum absolute atomic E-state index is 13.7. The van der Waals surface area contributed by atoms with Crippen molar-refractivity contribution < 1.29 is 4.39 Å². The third-order valence-electron chi connectivity index (χ3n) is 3.16. The summed E-state index contributed by atoms with van der Waals surface area (Å²) in [6.07, 6.45) is 2.26. The first kappa shape index (κ1) is 14.8. The molecule has 1 aromatic carbocycles. The van der Waals surface area contributed by atoms with E-state index in [1.54, 1.807) is 12.3 Å². The molecule has 0 saturated carbocycles. The lowest BCUT2D eigenvalue weighted by molar-refractivity contribution is 0.607. The van der Waals surface area contributed by atoms with E-state index >= 15 is 0 Å². The minimum Gasteiger partial charge on any atom is -0.397 e. The summed E-state index contributed by atoms with van der Waals surface area (Å²) in [5, 5.41) is 0. The van der Waals surface area contributed by atoms with Crippen molar-refractivity contribution in [2.24, 2.45) is 0 Å². The fraction of sp³-hybridized carbons (Fsp3) is 0.267. The molecular formula is C15H17BrFN3. The molecule has 0 bridgehead atoms. The second-order valence-electron chi connectivity index (χ2n) is 4.82. The van der Waals surface area contributed by atoms with E-state index < -0.39 is 0 Å². The van der Waals surface area contributed by atoms with Crippen molar-refractivity contribution in [1.29, 1.82) is 0 Å². The molecule has 2 N–H and O–H groups in total. The van der Waals surface area contributed by atoms with Crippen LogP contribution in [0.3, 0.4) is 0 Å². The molecule has 0 aliphatic rings. The first-order valence-corrected chi connectivity index (χ1v) is 7.14. The predicted octanol–water partition coefficient (Wildman–Crippen LogP) is 3.55. The van der Waals surface area contributed by atoms with E-state index in [0.29, 0.717) is 24.2 Å². The zero-order chi connectivity index (χ0) is 14.7. The van der Waals surface area contributed by atoms with Gasteiger partial charge in [-0.3, -0.25) is 0 Å². The van der Waals surface area contributed by atoms with Crippen molar-refractivity contribution in [1.82, 2.24) is 4.98 Å². The molecule has 2 aromatic rings. The average Bonchev–Trinajstić information content (AvgIpc) is 2.39. The van der Waals surface area contributed by atoms with Gasteiger partial charge in [0.05, 0.1) is 11.9 Å². The second-order valence-corrected chi connectivity index (χ2v) is 5.73. The highest BCUT2D eigenvalue weighted by Gasteiger charge is 2.09. The first-order valence-electron chi connectivity index (χ1n) is 6.34. The van der Waals surface area contributed by atoms with Crippen LogP contribution >= 0.6 is 15.9 Å². The first-order chi connectivity index (χ1) is 9.47. The molecule has 0 amide bonds. The summed E-state index contributed by atoms with van der Waals surface area (Å²) in [6.45, 7) is 2.65. The number of hydrogen-bond acceptors (Lipinski definition) is 3. The fourth-order valence-electron chi connectivity index (χ4n) is 2.12. The molecule has 0 atom stereocenters. The molecule has 3 nitrogen and oxygen atoms in total. The molecule has 0 fully saturated rings. The Bertz CT molecular complexity index is 616. The number of halogens is 2. The molecule has 1 aromatic heterocycles. The number of aromatic nitrogens is 1. The summed E-state index contributed by atoms with van der Waals surface area (Å²) < 4.78 is 14.6. The standard InChI is InChI=1S/C15H17BrFN3/c1-10-7-13(18)9-19-15(10)20(2)6-5-11-8-12(16)3-4-14(11)17/h3-4,7-9H,5-6,18H2,1-2H3. The minimum atomic E-state index is -0.177. The molecule has 5 heteroatoms. The van der Waals surface area contributed by atoms with Crippen molar-refractivity contribution in [3.8, 4) is 0 Å². The monoisotopic (exact) mass is 337 g/mol. The number of nitrogens with zero attached hydrogens (tertiary/aromatic N) is 2. The van der Waals surface area contributed by atoms with Gasteiger partial charge in [0, 0.05) is 18.1 Å². The Hall–Kier alpha value is -1.62. The van der Waals surface area contributed by atoms with Gasteiger partial charge in [-0.15, -0.1) is 0 Å². The highest BCUT2D eigenvalue weighted by Crippen LogP contribution is 2.20. The van der Waals surface area contributed by atoms with Crippen molar-refractivity contribution >= 4 is 27.4 Å². The Kier molecular flexibility index (Phi) is 4.60. The van der Waals surface area contributed by atoms with Gasteiger partial charge < -0.3 is 10.6 Å². The average molecular weight is 338 g/mol. The van der Waals surface area contributed by atoms with Gasteiger partial charge >= 0.3 is 0 Å². The molecular weight excluding hydrogens is 321 g/mol. The predicted molar refractivity (Wildman–Crippen MR) is 84.5 cm³/mol. The Balaban J connectivity index is 2.08. The van der Waals surface area contributed by atoms with Crippen LogP contribution in [0.2, 0.25) is 0 Å². The number of benzene rings is 1. The molecule has 0 aliphatic carbocycles. The Morgan fingerprint density at radius 1 is 1.35 bits per heavy atom. The maximum Gasteiger partial charge on any atom is 0.131 e. The minimum absolute atomic E-state index is 0.177. The van der Waals surface area contributed by atoms with E-state index in [2.05, 4.69) is 20.9 Å². The highest BCUT2D eigenvalue weighted by molar-refractivity contribution is 9.10. The lowest BCUT2D eigenvalue weighted by Gasteiger charge is -2.20. The van der Waals surface area contributed by atoms with E-state index in [1.165, 1.54) is 6.07 Å². The Labute approximate surface area is 126 Å². The number of nitrogens with two attached hydrogens (primary N) is 1. The molecule has 1 heterocycles. The van der Waals surface area contributed by atoms with Crippen LogP contribution in [0.1, 0.15) is 11.1 Å². The van der Waals surface area contributed by atoms with Crippen molar-refractivity contribution in [2.75, 3.05) is 24.2 Å². The van der Waals surface area contributed by atoms with E-state index in [1.807, 2.05) is 31.0 Å². The van der Waals surface area contributed by atoms with Crippen LogP contribution in [0.4, 0.5) is 15.9 Å². The third-order valence-corrected chi connectivity index (χ3v) is 3.65. The van der Waals surface area contributed by atoms with Gasteiger partial charge in [0.2, 0.25) is 0 Å². The van der Waals surface area contributed by atoms with Gasteiger partial charge in [0.15, 0.2) is 0 Å². The number of anilines is 2. The zero-order valence-corrected chi connectivity index (χ0v) is 13.1. The van der Waals surface area contributed by atoms with Gasteiger partial charge in [-0.2, -0.15) is 0 Å². The Morgan fingerprint density at radius 3 is 2.80 bits per heavy atom. The molecule has 0 radical (unpaired) electrons. The fourth-order valence-corrected chi connectivity index (χ4v) is 2.53. The number of likely N-dealkylation sites (N-methyl/N-ethyl adjacent to an activating group) is 1. The SMILES string of the molecule is Cc1cc(N)cnc1N(C)CCc1cc(Br)ccc1F. The molecule has 2 rings (SSSR count). The number of rotatable bonds is 4. The lowest BCUT2D eigenvalue weighted by Crippen LogP contribution is -2.22. The van der Waals surface area contributed by atoms with Crippen LogP contribution < -0.4 is 10.6 Å². The number of aryl methyl sites for hydroxylation is 1. The van der Waals surface area contributed by atoms with Crippen LogP contribution in [-0.2, 0) is 6.42 Å². The molecule has 20 heavy (non-hydrogen) atoms. The lowest BCUT2D eigenvalue weighted by atomic mass is 10.1. The third kappa shape index (κ3) is 3.48. The van der Waals surface area contributed by atoms with E-state index in [-0.39, 0.29) is 5.82 Å². The smallest absolute Gasteiger partial charge is 0.131 e. The molecule has 0 spiro atoms. The van der Waals surface area contributed by atoms with Crippen LogP contribution in [-0.4, -0.2) is 18.6 Å². The van der Waals surface area contributed by atoms with Crippen LogP contribution in [0, 0.1) is 12.7 Å². The summed E-state index contributed by atoms with van der Waals surface area (Å²) in [5.41, 5.74) is 8.05. The summed E-state index contributed by atoms with van der Waals surface area (Å²) in [6, 6.07) is 6.88. The second kappa shape index (κ2) is 6.22. The summed E-state index contributed by atoms with van der Waals surface area (Å²) in [7, 11) is 1.95. The molecule has 0 aliphatic heterocycles. The maximum atomic E-state index is 13.7. The van der Waals surface area contributed by atoms with Crippen molar-refractivity contribution in [2.45, 2.75) is 13.3 Å². The van der Waals surface area contributed by atoms with E-state index in [9.17, 15) is 4.39 Å². The van der Waals surface area contributed by atoms with Crippen LogP contribution in [0.15, 0.2) is 34.9 Å². The molecule has 0 saturated heterocycles. The van der Waals surface area contributed by atoms with Gasteiger partial charge in [0.1, 0.15) is 11.6 Å². The van der Waals surface area contributed by atoms with Crippen LogP contribution in [0.5, 0.6) is 0 Å². The van der Waals surface area contributed by atoms with Gasteiger partial charge in [-0.05, 0) is 48.7 Å². The quantitative estimate of drug-likeness (QED) is 0.927. The molecule has 0 unspecified atom stereocenters. The molecule has 106 valence electrons. The largest absolute Gasteiger partial charge is 0.397 e. The number of pyridine rings is 1. The zero-order valence-electron chi connectivity index (χ0n) is 11.5. The van der Waals surface area contributed by atoms with Crippen molar-refractivity contribution in [3.05, 3.63) is 51.9 Å². The number of nitrogen functional groups attached to an aromatic ring is 1. The number of hydrogen-bond donors (Lipinski definition) is 1. The van der Waals surface area contributed by atoms with Gasteiger partial charge in [-0.1, -0.05) is 15.9 Å². The summed E-state index contributed by atoms with van der Waals surface area (Å²) in [4.78, 5) is 6.34. The Morgan fingerprint density at radius 2 is 2.10 bits per heavy atom. The van der Waals surface area contributed by atoms with E-state index in [4.69, 9.17) is 5.73 Å². The van der Waals surface area contributed by atoms with E-state index in [0.717, 1.165) is 15.9 Å². The topological polar surface area (TPSA) is 42.1 Å². The van der Waals surface area contributed by atoms with Gasteiger partial charge in [-0.25, -0.2) is 9.37 Å². The normalized spacial score (nSPS) is 10.6. The summed E-state index contributed by atoms with van der Waals surface area (Å²) in [5.74, 6) is 0.693. The van der Waals surface area contributed by atoms with Crippen LogP contribution in [0.25, 0.3) is 0 Å². The summed E-state index contributed by atoms with van der Waals surface area (Å²) >= 11 is 3.36. The van der Waals surface area contributed by atoms with Gasteiger partial charge in [0.25, 0.3) is 0 Å². The van der Waals surface area contributed by atoms with Crippen molar-refractivity contribution in [3.63, 3.8) is 0 Å². The highest BCUT2D eigenvalue weighted by atomic mass is 79.9.